The Kier molecular flexibility index (Phi) is 3.69. The molecule has 1 N–H and O–H groups in total. The first-order valence-corrected chi connectivity index (χ1v) is 6.73. The van der Waals surface area contributed by atoms with E-state index in [0.717, 1.165) is 0 Å². The molecule has 22 heavy (non-hydrogen) atoms. The number of aromatic nitrogens is 4. The third-order valence-electron chi connectivity index (χ3n) is 3.31. The zero-order valence-corrected chi connectivity index (χ0v) is 11.8. The van der Waals surface area contributed by atoms with Gasteiger partial charge in [0.05, 0.1) is 11.4 Å². The van der Waals surface area contributed by atoms with Crippen molar-refractivity contribution >= 4 is 11.6 Å². The number of carbonyl (C=O) groups excluding carboxylic acids is 1. The van der Waals surface area contributed by atoms with Crippen molar-refractivity contribution in [2.75, 3.05) is 5.32 Å². The minimum Gasteiger partial charge on any atom is -0.322 e. The summed E-state index contributed by atoms with van der Waals surface area (Å²) in [6.45, 7) is 1.71. The molecule has 1 amide bonds. The molecule has 1 atom stereocenters. The van der Waals surface area contributed by atoms with E-state index in [2.05, 4.69) is 15.4 Å². The number of carbonyl (C=O) groups is 1. The van der Waals surface area contributed by atoms with Gasteiger partial charge in [-0.05, 0) is 37.3 Å². The molecule has 0 aliphatic carbocycles. The molecule has 1 unspecified atom stereocenters. The van der Waals surface area contributed by atoms with Gasteiger partial charge in [0.2, 0.25) is 5.91 Å². The number of anilines is 1. The van der Waals surface area contributed by atoms with Crippen molar-refractivity contribution in [3.63, 3.8) is 0 Å². The van der Waals surface area contributed by atoms with Crippen molar-refractivity contribution in [1.29, 1.82) is 0 Å². The summed E-state index contributed by atoms with van der Waals surface area (Å²) in [4.78, 5) is 16.1. The number of nitrogens with zero attached hydrogens (tertiary/aromatic N) is 4. The third-order valence-corrected chi connectivity index (χ3v) is 3.31. The second-order valence-electron chi connectivity index (χ2n) is 4.79. The predicted molar refractivity (Wildman–Crippen MR) is 79.1 cm³/mol. The van der Waals surface area contributed by atoms with E-state index in [0.29, 0.717) is 11.4 Å². The lowest BCUT2D eigenvalue weighted by Gasteiger charge is -2.15. The van der Waals surface area contributed by atoms with Crippen LogP contribution in [0.25, 0.3) is 5.69 Å². The summed E-state index contributed by atoms with van der Waals surface area (Å²) in [5.74, 6) is -0.628. The lowest BCUT2D eigenvalue weighted by Crippen LogP contribution is -2.24. The third kappa shape index (κ3) is 2.73. The van der Waals surface area contributed by atoms with E-state index in [-0.39, 0.29) is 11.7 Å². The minimum atomic E-state index is -0.523. The van der Waals surface area contributed by atoms with Gasteiger partial charge in [-0.15, -0.1) is 0 Å². The highest BCUT2D eigenvalue weighted by atomic mass is 19.1. The first kappa shape index (κ1) is 14.0. The van der Waals surface area contributed by atoms with Crippen molar-refractivity contribution in [3.8, 4) is 5.69 Å². The summed E-state index contributed by atoms with van der Waals surface area (Å²) >= 11 is 0. The number of halogens is 1. The van der Waals surface area contributed by atoms with Crippen LogP contribution in [0.4, 0.5) is 10.1 Å². The lowest BCUT2D eigenvalue weighted by molar-refractivity contribution is -0.119. The Morgan fingerprint density at radius 2 is 2.09 bits per heavy atom. The SMILES string of the molecule is CC(C(=O)Nc1ccc(F)cc1-n1cccc1)n1cncn1. The van der Waals surface area contributed by atoms with Gasteiger partial charge in [-0.1, -0.05) is 0 Å². The van der Waals surface area contributed by atoms with Gasteiger partial charge in [-0.3, -0.25) is 4.79 Å². The highest BCUT2D eigenvalue weighted by Crippen LogP contribution is 2.22. The summed E-state index contributed by atoms with van der Waals surface area (Å²) in [5, 5.41) is 6.74. The van der Waals surface area contributed by atoms with Crippen molar-refractivity contribution < 1.29 is 9.18 Å². The van der Waals surface area contributed by atoms with E-state index in [1.54, 1.807) is 23.9 Å². The minimum absolute atomic E-state index is 0.259. The first-order valence-electron chi connectivity index (χ1n) is 6.73. The molecule has 3 aromatic rings. The van der Waals surface area contributed by atoms with E-state index < -0.39 is 6.04 Å². The Balaban J connectivity index is 1.88. The van der Waals surface area contributed by atoms with Gasteiger partial charge < -0.3 is 9.88 Å². The molecule has 1 aromatic carbocycles. The standard InChI is InChI=1S/C15H14FN5O/c1-11(21-10-17-9-18-21)15(22)19-13-5-4-12(16)8-14(13)20-6-2-3-7-20/h2-11H,1H3,(H,19,22). The van der Waals surface area contributed by atoms with Gasteiger partial charge in [0.25, 0.3) is 0 Å². The number of hydrogen-bond acceptors (Lipinski definition) is 3. The first-order chi connectivity index (χ1) is 10.6. The Morgan fingerprint density at radius 3 is 2.77 bits per heavy atom. The van der Waals surface area contributed by atoms with Crippen LogP contribution in [0.2, 0.25) is 0 Å². The lowest BCUT2D eigenvalue weighted by atomic mass is 10.2. The summed E-state index contributed by atoms with van der Waals surface area (Å²) < 4.78 is 16.7. The van der Waals surface area contributed by atoms with Crippen molar-refractivity contribution in [2.24, 2.45) is 0 Å². The van der Waals surface area contributed by atoms with Gasteiger partial charge in [0.15, 0.2) is 0 Å². The number of amides is 1. The molecule has 0 bridgehead atoms. The van der Waals surface area contributed by atoms with Gasteiger partial charge >= 0.3 is 0 Å². The molecule has 0 radical (unpaired) electrons. The summed E-state index contributed by atoms with van der Waals surface area (Å²) in [7, 11) is 0. The van der Waals surface area contributed by atoms with Crippen LogP contribution in [0.15, 0.2) is 55.4 Å². The van der Waals surface area contributed by atoms with Crippen molar-refractivity contribution in [2.45, 2.75) is 13.0 Å². The second kappa shape index (κ2) is 5.80. The highest BCUT2D eigenvalue weighted by molar-refractivity contribution is 5.95. The molecule has 112 valence electrons. The normalized spacial score (nSPS) is 12.1. The summed E-state index contributed by atoms with van der Waals surface area (Å²) in [6, 6.07) is 7.35. The van der Waals surface area contributed by atoms with Crippen LogP contribution in [0.5, 0.6) is 0 Å². The van der Waals surface area contributed by atoms with Gasteiger partial charge in [-0.25, -0.2) is 14.1 Å². The molecule has 0 aliphatic rings. The largest absolute Gasteiger partial charge is 0.322 e. The molecule has 0 saturated carbocycles. The van der Waals surface area contributed by atoms with Gasteiger partial charge in [0, 0.05) is 12.4 Å². The van der Waals surface area contributed by atoms with Crippen LogP contribution < -0.4 is 5.32 Å². The van der Waals surface area contributed by atoms with Crippen LogP contribution in [-0.4, -0.2) is 25.2 Å². The maximum atomic E-state index is 13.5. The van der Waals surface area contributed by atoms with E-state index in [1.807, 2.05) is 12.1 Å². The van der Waals surface area contributed by atoms with Crippen LogP contribution in [0.3, 0.4) is 0 Å². The molecule has 7 heteroatoms. The molecule has 3 rings (SSSR count). The molecular formula is C15H14FN5O. The molecule has 0 saturated heterocycles. The average Bonchev–Trinajstić information content (AvgIpc) is 3.21. The van der Waals surface area contributed by atoms with Crippen LogP contribution in [0, 0.1) is 5.82 Å². The van der Waals surface area contributed by atoms with Crippen LogP contribution in [-0.2, 0) is 4.79 Å². The monoisotopic (exact) mass is 299 g/mol. The maximum Gasteiger partial charge on any atom is 0.249 e. The zero-order chi connectivity index (χ0) is 15.5. The molecule has 0 aliphatic heterocycles. The fraction of sp³-hybridized carbons (Fsp3) is 0.133. The summed E-state index contributed by atoms with van der Waals surface area (Å²) in [6.07, 6.45) is 6.41. The number of rotatable bonds is 4. The van der Waals surface area contributed by atoms with Gasteiger partial charge in [0.1, 0.15) is 24.5 Å². The molecule has 2 heterocycles. The van der Waals surface area contributed by atoms with E-state index in [1.165, 1.54) is 35.5 Å². The fourth-order valence-corrected chi connectivity index (χ4v) is 2.09. The molecule has 6 nitrogen and oxygen atoms in total. The fourth-order valence-electron chi connectivity index (χ4n) is 2.09. The van der Waals surface area contributed by atoms with Gasteiger partial charge in [-0.2, -0.15) is 5.10 Å². The molecule has 2 aromatic heterocycles. The topological polar surface area (TPSA) is 64.7 Å². The van der Waals surface area contributed by atoms with Crippen molar-refractivity contribution in [3.05, 3.63) is 61.2 Å². The number of hydrogen-bond donors (Lipinski definition) is 1. The predicted octanol–water partition coefficient (Wildman–Crippen LogP) is 2.41. The summed E-state index contributed by atoms with van der Waals surface area (Å²) in [5.41, 5.74) is 1.08. The number of nitrogens with one attached hydrogen (secondary N) is 1. The Morgan fingerprint density at radius 1 is 1.32 bits per heavy atom. The Bertz CT molecular complexity index is 767. The van der Waals surface area contributed by atoms with E-state index in [4.69, 9.17) is 0 Å². The highest BCUT2D eigenvalue weighted by Gasteiger charge is 2.17. The Labute approximate surface area is 126 Å². The number of benzene rings is 1. The molecule has 0 spiro atoms. The van der Waals surface area contributed by atoms with E-state index in [9.17, 15) is 9.18 Å². The zero-order valence-electron chi connectivity index (χ0n) is 11.8. The van der Waals surface area contributed by atoms with Crippen LogP contribution >= 0.6 is 0 Å². The average molecular weight is 299 g/mol. The van der Waals surface area contributed by atoms with Crippen LogP contribution in [0.1, 0.15) is 13.0 Å². The van der Waals surface area contributed by atoms with E-state index >= 15 is 0 Å². The maximum absolute atomic E-state index is 13.5. The smallest absolute Gasteiger partial charge is 0.249 e. The Hall–Kier alpha value is -2.96. The second-order valence-corrected chi connectivity index (χ2v) is 4.79. The molecular weight excluding hydrogens is 285 g/mol. The quantitative estimate of drug-likeness (QED) is 0.804. The molecule has 0 fully saturated rings. The van der Waals surface area contributed by atoms with Crippen molar-refractivity contribution in [1.82, 2.24) is 19.3 Å².